The number of carbonyl (C=O) groups is 1. The standard InChI is InChI=1S/C23H31NOS/c1-16-4-2-3-5-20(16)21-6-7-24(8-9-26-21)22(25)23-13-17-10-18(14-23)12-19(11-17)15-23/h2-5,17-19,21H,6-15H2,1H3. The van der Waals surface area contributed by atoms with Gasteiger partial charge in [0.25, 0.3) is 0 Å². The summed E-state index contributed by atoms with van der Waals surface area (Å²) in [4.78, 5) is 15.9. The number of thioether (sulfide) groups is 1. The lowest BCUT2D eigenvalue weighted by Gasteiger charge is -2.56. The number of nitrogens with zero attached hydrogens (tertiary/aromatic N) is 1. The van der Waals surface area contributed by atoms with Crippen molar-refractivity contribution in [1.29, 1.82) is 0 Å². The van der Waals surface area contributed by atoms with Gasteiger partial charge in [0.2, 0.25) is 5.91 Å². The van der Waals surface area contributed by atoms with Gasteiger partial charge in [-0.2, -0.15) is 11.8 Å². The van der Waals surface area contributed by atoms with Crippen LogP contribution in [0, 0.1) is 30.1 Å². The first kappa shape index (κ1) is 17.2. The molecule has 1 unspecified atom stereocenters. The van der Waals surface area contributed by atoms with Crippen molar-refractivity contribution < 1.29 is 4.79 Å². The summed E-state index contributed by atoms with van der Waals surface area (Å²) in [5, 5.41) is 0.547. The highest BCUT2D eigenvalue weighted by Gasteiger charge is 2.55. The first-order chi connectivity index (χ1) is 12.6. The quantitative estimate of drug-likeness (QED) is 0.712. The van der Waals surface area contributed by atoms with E-state index in [0.717, 1.165) is 43.0 Å². The number of benzene rings is 1. The number of hydrogen-bond acceptors (Lipinski definition) is 2. The van der Waals surface area contributed by atoms with E-state index < -0.39 is 0 Å². The van der Waals surface area contributed by atoms with Crippen molar-refractivity contribution in [3.63, 3.8) is 0 Å². The Hall–Kier alpha value is -0.960. The Morgan fingerprint density at radius 3 is 2.35 bits per heavy atom. The summed E-state index contributed by atoms with van der Waals surface area (Å²) >= 11 is 2.06. The third-order valence-electron chi connectivity index (χ3n) is 7.66. The van der Waals surface area contributed by atoms with Gasteiger partial charge in [0.05, 0.1) is 5.41 Å². The second-order valence-corrected chi connectivity index (χ2v) is 10.8. The van der Waals surface area contributed by atoms with Gasteiger partial charge in [-0.3, -0.25) is 4.79 Å². The van der Waals surface area contributed by atoms with E-state index in [9.17, 15) is 4.79 Å². The lowest BCUT2D eigenvalue weighted by atomic mass is 9.49. The molecule has 5 fully saturated rings. The van der Waals surface area contributed by atoms with Crippen molar-refractivity contribution in [3.05, 3.63) is 35.4 Å². The van der Waals surface area contributed by atoms with Gasteiger partial charge in [-0.15, -0.1) is 0 Å². The molecule has 1 aromatic rings. The van der Waals surface area contributed by atoms with E-state index in [0.29, 0.717) is 11.2 Å². The zero-order chi connectivity index (χ0) is 17.7. The third-order valence-corrected chi connectivity index (χ3v) is 8.97. The Morgan fingerprint density at radius 1 is 1.04 bits per heavy atom. The molecule has 1 heterocycles. The Balaban J connectivity index is 1.31. The van der Waals surface area contributed by atoms with E-state index in [1.54, 1.807) is 0 Å². The van der Waals surface area contributed by atoms with Crippen molar-refractivity contribution in [2.24, 2.45) is 23.2 Å². The molecule has 1 aromatic carbocycles. The fourth-order valence-electron chi connectivity index (χ4n) is 6.88. The predicted octanol–water partition coefficient (Wildman–Crippen LogP) is 5.22. The monoisotopic (exact) mass is 369 g/mol. The third kappa shape index (κ3) is 2.91. The predicted molar refractivity (Wildman–Crippen MR) is 108 cm³/mol. The first-order valence-corrected chi connectivity index (χ1v) is 11.6. The largest absolute Gasteiger partial charge is 0.341 e. The highest BCUT2D eigenvalue weighted by atomic mass is 32.2. The van der Waals surface area contributed by atoms with Gasteiger partial charge >= 0.3 is 0 Å². The van der Waals surface area contributed by atoms with Crippen LogP contribution in [0.15, 0.2) is 24.3 Å². The van der Waals surface area contributed by atoms with E-state index in [4.69, 9.17) is 0 Å². The van der Waals surface area contributed by atoms with Gasteiger partial charge in [-0.1, -0.05) is 24.3 Å². The van der Waals surface area contributed by atoms with Crippen LogP contribution in [0.25, 0.3) is 0 Å². The maximum absolute atomic E-state index is 13.6. The van der Waals surface area contributed by atoms with Gasteiger partial charge in [0.1, 0.15) is 0 Å². The zero-order valence-corrected chi connectivity index (χ0v) is 16.8. The molecule has 4 bridgehead atoms. The molecule has 1 saturated heterocycles. The van der Waals surface area contributed by atoms with Crippen LogP contribution >= 0.6 is 11.8 Å². The van der Waals surface area contributed by atoms with Crippen molar-refractivity contribution in [2.45, 2.75) is 57.1 Å². The van der Waals surface area contributed by atoms with Gasteiger partial charge in [-0.05, 0) is 80.8 Å². The summed E-state index contributed by atoms with van der Waals surface area (Å²) in [5.41, 5.74) is 2.90. The molecule has 5 aliphatic rings. The zero-order valence-electron chi connectivity index (χ0n) is 16.0. The highest BCUT2D eigenvalue weighted by Crippen LogP contribution is 2.60. The molecule has 4 saturated carbocycles. The van der Waals surface area contributed by atoms with Crippen LogP contribution in [0.2, 0.25) is 0 Å². The Kier molecular flexibility index (Phi) is 4.34. The van der Waals surface area contributed by atoms with Crippen LogP contribution in [0.4, 0.5) is 0 Å². The van der Waals surface area contributed by atoms with Gasteiger partial charge in [-0.25, -0.2) is 0 Å². The maximum atomic E-state index is 13.6. The van der Waals surface area contributed by atoms with Crippen molar-refractivity contribution in [2.75, 3.05) is 18.8 Å². The average molecular weight is 370 g/mol. The maximum Gasteiger partial charge on any atom is 0.228 e. The summed E-state index contributed by atoms with van der Waals surface area (Å²) in [5.74, 6) is 4.17. The molecule has 0 spiro atoms. The molecular formula is C23H31NOS. The topological polar surface area (TPSA) is 20.3 Å². The number of amides is 1. The lowest BCUT2D eigenvalue weighted by molar-refractivity contribution is -0.157. The minimum Gasteiger partial charge on any atom is -0.341 e. The Labute approximate surface area is 162 Å². The molecule has 1 aliphatic heterocycles. The molecule has 6 rings (SSSR count). The Morgan fingerprint density at radius 2 is 1.69 bits per heavy atom. The van der Waals surface area contributed by atoms with Crippen LogP contribution in [-0.4, -0.2) is 29.6 Å². The number of hydrogen-bond donors (Lipinski definition) is 0. The number of rotatable bonds is 2. The summed E-state index contributed by atoms with van der Waals surface area (Å²) in [6, 6.07) is 8.79. The molecule has 4 aliphatic carbocycles. The molecule has 2 nitrogen and oxygen atoms in total. The number of carbonyl (C=O) groups excluding carboxylic acids is 1. The van der Waals surface area contributed by atoms with Crippen LogP contribution in [0.1, 0.15) is 61.3 Å². The molecule has 0 N–H and O–H groups in total. The van der Waals surface area contributed by atoms with E-state index in [1.807, 2.05) is 0 Å². The smallest absolute Gasteiger partial charge is 0.228 e. The SMILES string of the molecule is Cc1ccccc1C1CCN(C(=O)C23CC4CC(CC(C4)C2)C3)CCS1. The van der Waals surface area contributed by atoms with Crippen LogP contribution in [-0.2, 0) is 4.79 Å². The average Bonchev–Trinajstić information content (AvgIpc) is 2.86. The second-order valence-electron chi connectivity index (χ2n) is 9.49. The normalized spacial score (nSPS) is 39.0. The van der Waals surface area contributed by atoms with Crippen molar-refractivity contribution >= 4 is 17.7 Å². The summed E-state index contributed by atoms with van der Waals surface area (Å²) in [6.45, 7) is 4.12. The molecule has 1 amide bonds. The van der Waals surface area contributed by atoms with Crippen LogP contribution in [0.5, 0.6) is 0 Å². The minimum absolute atomic E-state index is 0.0297. The highest BCUT2D eigenvalue weighted by molar-refractivity contribution is 7.99. The van der Waals surface area contributed by atoms with Gasteiger partial charge in [0, 0.05) is 24.1 Å². The van der Waals surface area contributed by atoms with Gasteiger partial charge < -0.3 is 4.90 Å². The lowest BCUT2D eigenvalue weighted by Crippen LogP contribution is -2.54. The second kappa shape index (κ2) is 6.58. The molecule has 140 valence electrons. The minimum atomic E-state index is 0.0297. The van der Waals surface area contributed by atoms with Crippen molar-refractivity contribution in [1.82, 2.24) is 4.90 Å². The molecular weight excluding hydrogens is 338 g/mol. The van der Waals surface area contributed by atoms with E-state index in [2.05, 4.69) is 47.9 Å². The molecule has 0 radical (unpaired) electrons. The molecule has 1 atom stereocenters. The van der Waals surface area contributed by atoms with E-state index in [1.165, 1.54) is 49.7 Å². The van der Waals surface area contributed by atoms with Gasteiger partial charge in [0.15, 0.2) is 0 Å². The first-order valence-electron chi connectivity index (χ1n) is 10.6. The van der Waals surface area contributed by atoms with Crippen LogP contribution in [0.3, 0.4) is 0 Å². The summed E-state index contributed by atoms with van der Waals surface area (Å²) in [7, 11) is 0. The fourth-order valence-corrected chi connectivity index (χ4v) is 8.20. The summed E-state index contributed by atoms with van der Waals surface area (Å²) < 4.78 is 0. The molecule has 0 aromatic heterocycles. The van der Waals surface area contributed by atoms with Crippen molar-refractivity contribution in [3.8, 4) is 0 Å². The van der Waals surface area contributed by atoms with E-state index in [-0.39, 0.29) is 5.41 Å². The van der Waals surface area contributed by atoms with E-state index >= 15 is 0 Å². The number of aryl methyl sites for hydroxylation is 1. The summed E-state index contributed by atoms with van der Waals surface area (Å²) in [6.07, 6.45) is 8.94. The fraction of sp³-hybridized carbons (Fsp3) is 0.696. The molecule has 26 heavy (non-hydrogen) atoms. The van der Waals surface area contributed by atoms with Crippen LogP contribution < -0.4 is 0 Å². The molecule has 3 heteroatoms. The Bertz CT molecular complexity index is 664.